The van der Waals surface area contributed by atoms with Crippen molar-refractivity contribution >= 4 is 11.7 Å². The molecule has 1 saturated heterocycles. The van der Waals surface area contributed by atoms with E-state index in [0.29, 0.717) is 29.9 Å². The Morgan fingerprint density at radius 1 is 1.41 bits per heavy atom. The van der Waals surface area contributed by atoms with Crippen LogP contribution in [-0.4, -0.2) is 35.2 Å². The van der Waals surface area contributed by atoms with Gasteiger partial charge in [0.05, 0.1) is 6.04 Å². The van der Waals surface area contributed by atoms with Gasteiger partial charge in [0.2, 0.25) is 5.91 Å². The highest BCUT2D eigenvalue weighted by Gasteiger charge is 2.27. The van der Waals surface area contributed by atoms with Gasteiger partial charge in [-0.2, -0.15) is 5.26 Å². The Bertz CT molecular complexity index is 775. The van der Waals surface area contributed by atoms with Gasteiger partial charge in [0.25, 0.3) is 0 Å². The van der Waals surface area contributed by atoms with Crippen molar-refractivity contribution < 1.29 is 4.79 Å². The molecule has 27 heavy (non-hydrogen) atoms. The van der Waals surface area contributed by atoms with E-state index < -0.39 is 0 Å². The van der Waals surface area contributed by atoms with Crippen LogP contribution in [0.1, 0.15) is 39.3 Å². The molecule has 1 aromatic rings. The first-order chi connectivity index (χ1) is 13.0. The molecule has 1 N–H and O–H groups in total. The van der Waals surface area contributed by atoms with Crippen LogP contribution >= 0.6 is 0 Å². The van der Waals surface area contributed by atoms with Crippen LogP contribution in [0.4, 0.5) is 5.82 Å². The number of hydrogen-bond acceptors (Lipinski definition) is 5. The number of allylic oxidation sites excluding steroid dienone is 2. The molecule has 1 aromatic heterocycles. The predicted octanol–water partition coefficient (Wildman–Crippen LogP) is 2.84. The standard InChI is InChI=1S/C21H27N5O/c1-14(2)17-4-6-19(15(3)10-17)23-21(27)11-16-8-9-26(13-16)20-7-5-18(12-22)24-25-20/h4-7,10,14-16,19H,8-9,11,13H2,1-3H3,(H,23,27). The number of carbonyl (C=O) groups excluding carboxylic acids is 1. The number of amides is 1. The molecule has 142 valence electrons. The Morgan fingerprint density at radius 2 is 2.22 bits per heavy atom. The lowest BCUT2D eigenvalue weighted by atomic mass is 9.88. The SMILES string of the molecule is CC(C)C1=CC(C)C(NC(=O)CC2CCN(c3ccc(C#N)nn3)C2)C=C1. The van der Waals surface area contributed by atoms with Crippen LogP contribution in [0.25, 0.3) is 0 Å². The van der Waals surface area contributed by atoms with Crippen LogP contribution in [0, 0.1) is 29.1 Å². The molecule has 1 fully saturated rings. The largest absolute Gasteiger partial charge is 0.355 e. The Morgan fingerprint density at radius 3 is 2.85 bits per heavy atom. The minimum atomic E-state index is 0.0712. The number of nitrogens with one attached hydrogen (secondary N) is 1. The minimum Gasteiger partial charge on any atom is -0.355 e. The number of nitrogens with zero attached hydrogens (tertiary/aromatic N) is 4. The Hall–Kier alpha value is -2.68. The molecular weight excluding hydrogens is 338 g/mol. The summed E-state index contributed by atoms with van der Waals surface area (Å²) >= 11 is 0. The Labute approximate surface area is 161 Å². The zero-order valence-electron chi connectivity index (χ0n) is 16.2. The van der Waals surface area contributed by atoms with Gasteiger partial charge >= 0.3 is 0 Å². The maximum absolute atomic E-state index is 12.5. The molecule has 3 unspecified atom stereocenters. The van der Waals surface area contributed by atoms with E-state index in [0.717, 1.165) is 25.3 Å². The van der Waals surface area contributed by atoms with Crippen molar-refractivity contribution in [3.05, 3.63) is 41.6 Å². The summed E-state index contributed by atoms with van der Waals surface area (Å²) in [4.78, 5) is 14.6. The van der Waals surface area contributed by atoms with Gasteiger partial charge in [0.1, 0.15) is 6.07 Å². The zero-order chi connectivity index (χ0) is 19.4. The third-order valence-electron chi connectivity index (χ3n) is 5.36. The lowest BCUT2D eigenvalue weighted by Crippen LogP contribution is -2.39. The number of aromatic nitrogens is 2. The minimum absolute atomic E-state index is 0.0712. The van der Waals surface area contributed by atoms with Gasteiger partial charge in [-0.1, -0.05) is 39.0 Å². The maximum Gasteiger partial charge on any atom is 0.220 e. The number of rotatable bonds is 5. The summed E-state index contributed by atoms with van der Waals surface area (Å²) in [6, 6.07) is 5.55. The van der Waals surface area contributed by atoms with E-state index in [1.807, 2.05) is 12.1 Å². The zero-order valence-corrected chi connectivity index (χ0v) is 16.2. The molecule has 3 atom stereocenters. The first-order valence-electron chi connectivity index (χ1n) is 9.64. The first-order valence-corrected chi connectivity index (χ1v) is 9.64. The summed E-state index contributed by atoms with van der Waals surface area (Å²) < 4.78 is 0. The number of anilines is 1. The normalized spacial score (nSPS) is 24.6. The van der Waals surface area contributed by atoms with Crippen molar-refractivity contribution in [2.24, 2.45) is 17.8 Å². The van der Waals surface area contributed by atoms with Crippen LogP contribution < -0.4 is 10.2 Å². The lowest BCUT2D eigenvalue weighted by Gasteiger charge is -2.26. The van der Waals surface area contributed by atoms with Gasteiger partial charge in [0.15, 0.2) is 11.5 Å². The van der Waals surface area contributed by atoms with Gasteiger partial charge in [-0.3, -0.25) is 4.79 Å². The molecule has 0 aromatic carbocycles. The first kappa shape index (κ1) is 19.1. The predicted molar refractivity (Wildman–Crippen MR) is 105 cm³/mol. The van der Waals surface area contributed by atoms with Gasteiger partial charge in [-0.25, -0.2) is 0 Å². The fraction of sp³-hybridized carbons (Fsp3) is 0.524. The second-order valence-electron chi connectivity index (χ2n) is 7.83. The number of hydrogen-bond donors (Lipinski definition) is 1. The van der Waals surface area contributed by atoms with Crippen LogP contribution in [-0.2, 0) is 4.79 Å². The smallest absolute Gasteiger partial charge is 0.220 e. The third kappa shape index (κ3) is 4.73. The summed E-state index contributed by atoms with van der Waals surface area (Å²) in [6.45, 7) is 8.18. The van der Waals surface area contributed by atoms with Gasteiger partial charge < -0.3 is 10.2 Å². The van der Waals surface area contributed by atoms with Crippen molar-refractivity contribution in [2.45, 2.75) is 39.7 Å². The fourth-order valence-electron chi connectivity index (χ4n) is 3.69. The van der Waals surface area contributed by atoms with E-state index in [9.17, 15) is 4.79 Å². The van der Waals surface area contributed by atoms with Gasteiger partial charge in [0, 0.05) is 19.5 Å². The van der Waals surface area contributed by atoms with Crippen molar-refractivity contribution in [2.75, 3.05) is 18.0 Å². The fourth-order valence-corrected chi connectivity index (χ4v) is 3.69. The van der Waals surface area contributed by atoms with E-state index in [-0.39, 0.29) is 11.9 Å². The second kappa shape index (κ2) is 8.34. The molecular formula is C21H27N5O. The molecule has 0 radical (unpaired) electrons. The van der Waals surface area contributed by atoms with E-state index in [2.05, 4.69) is 59.4 Å². The molecule has 2 heterocycles. The average molecular weight is 365 g/mol. The summed E-state index contributed by atoms with van der Waals surface area (Å²) in [5, 5.41) is 20.0. The Balaban J connectivity index is 1.49. The molecule has 6 nitrogen and oxygen atoms in total. The van der Waals surface area contributed by atoms with Crippen molar-refractivity contribution in [3.8, 4) is 6.07 Å². The topological polar surface area (TPSA) is 81.9 Å². The van der Waals surface area contributed by atoms with Crippen molar-refractivity contribution in [1.82, 2.24) is 15.5 Å². The quantitative estimate of drug-likeness (QED) is 0.868. The molecule has 2 aliphatic rings. The summed E-state index contributed by atoms with van der Waals surface area (Å²) in [5.41, 5.74) is 1.65. The van der Waals surface area contributed by atoms with Crippen LogP contribution in [0.3, 0.4) is 0 Å². The van der Waals surface area contributed by atoms with Crippen molar-refractivity contribution in [1.29, 1.82) is 5.26 Å². The highest BCUT2D eigenvalue weighted by Crippen LogP contribution is 2.25. The molecule has 0 bridgehead atoms. The van der Waals surface area contributed by atoms with Crippen LogP contribution in [0.5, 0.6) is 0 Å². The lowest BCUT2D eigenvalue weighted by molar-refractivity contribution is -0.122. The van der Waals surface area contributed by atoms with Gasteiger partial charge in [-0.15, -0.1) is 10.2 Å². The second-order valence-corrected chi connectivity index (χ2v) is 7.83. The van der Waals surface area contributed by atoms with E-state index in [1.54, 1.807) is 6.07 Å². The highest BCUT2D eigenvalue weighted by molar-refractivity contribution is 5.77. The molecule has 3 rings (SSSR count). The summed E-state index contributed by atoms with van der Waals surface area (Å²) in [7, 11) is 0. The molecule has 1 aliphatic carbocycles. The monoisotopic (exact) mass is 365 g/mol. The van der Waals surface area contributed by atoms with Crippen LogP contribution in [0.15, 0.2) is 35.9 Å². The average Bonchev–Trinajstić information content (AvgIpc) is 3.11. The Kier molecular flexibility index (Phi) is 5.90. The maximum atomic E-state index is 12.5. The molecule has 0 saturated carbocycles. The van der Waals surface area contributed by atoms with Crippen LogP contribution in [0.2, 0.25) is 0 Å². The van der Waals surface area contributed by atoms with E-state index in [4.69, 9.17) is 5.26 Å². The third-order valence-corrected chi connectivity index (χ3v) is 5.36. The molecule has 1 amide bonds. The van der Waals surface area contributed by atoms with E-state index >= 15 is 0 Å². The van der Waals surface area contributed by atoms with E-state index in [1.165, 1.54) is 5.57 Å². The van der Waals surface area contributed by atoms with Crippen molar-refractivity contribution in [3.63, 3.8) is 0 Å². The molecule has 6 heteroatoms. The molecule has 1 aliphatic heterocycles. The number of carbonyl (C=O) groups is 1. The molecule has 0 spiro atoms. The van der Waals surface area contributed by atoms with Gasteiger partial charge in [-0.05, 0) is 41.9 Å². The highest BCUT2D eigenvalue weighted by atomic mass is 16.1. The summed E-state index contributed by atoms with van der Waals surface area (Å²) in [6.07, 6.45) is 8.00. The summed E-state index contributed by atoms with van der Waals surface area (Å²) in [5.74, 6) is 2.01. The number of nitriles is 1.